The van der Waals surface area contributed by atoms with Crippen LogP contribution in [0.2, 0.25) is 0 Å². The van der Waals surface area contributed by atoms with Crippen LogP contribution in [0.5, 0.6) is 0 Å². The second-order valence-electron chi connectivity index (χ2n) is 4.59. The maximum Gasteiger partial charge on any atom is 0.233 e. The molecule has 0 fully saturated rings. The maximum absolute atomic E-state index is 11.9. The minimum atomic E-state index is 0.106. The quantitative estimate of drug-likeness (QED) is 0.838. The first-order valence-corrected chi connectivity index (χ1v) is 6.34. The number of para-hydroxylation sites is 1. The van der Waals surface area contributed by atoms with Crippen molar-refractivity contribution in [1.29, 1.82) is 0 Å². The third-order valence-corrected chi connectivity index (χ3v) is 3.26. The molecule has 0 unspecified atom stereocenters. The van der Waals surface area contributed by atoms with Gasteiger partial charge in [0.15, 0.2) is 0 Å². The van der Waals surface area contributed by atoms with E-state index in [1.807, 2.05) is 54.6 Å². The van der Waals surface area contributed by atoms with E-state index in [2.05, 4.69) is 0 Å². The van der Waals surface area contributed by atoms with Crippen molar-refractivity contribution in [3.63, 3.8) is 0 Å². The Kier molecular flexibility index (Phi) is 3.29. The molecule has 3 rings (SSSR count). The molecular weight excluding hydrogens is 238 g/mol. The molecule has 0 saturated heterocycles. The topological polar surface area (TPSA) is 29.5 Å². The standard InChI is InChI=1S/C16H15NO2/c18-16-10-14-8-4-5-9-15(14)17(16)12-19-11-13-6-2-1-3-7-13/h1-9H,10-12H2. The van der Waals surface area contributed by atoms with E-state index in [1.165, 1.54) is 0 Å². The number of amides is 1. The van der Waals surface area contributed by atoms with Crippen molar-refractivity contribution < 1.29 is 9.53 Å². The van der Waals surface area contributed by atoms with Gasteiger partial charge in [-0.3, -0.25) is 9.69 Å². The molecule has 0 aromatic heterocycles. The molecule has 0 spiro atoms. The third-order valence-electron chi connectivity index (χ3n) is 3.26. The van der Waals surface area contributed by atoms with Crippen LogP contribution in [-0.2, 0) is 22.6 Å². The summed E-state index contributed by atoms with van der Waals surface area (Å²) in [7, 11) is 0. The van der Waals surface area contributed by atoms with Crippen LogP contribution in [-0.4, -0.2) is 12.6 Å². The van der Waals surface area contributed by atoms with E-state index in [4.69, 9.17) is 4.74 Å². The average Bonchev–Trinajstić information content (AvgIpc) is 2.76. The molecule has 1 aliphatic rings. The van der Waals surface area contributed by atoms with Crippen LogP contribution in [0.25, 0.3) is 0 Å². The molecule has 0 radical (unpaired) electrons. The monoisotopic (exact) mass is 253 g/mol. The van der Waals surface area contributed by atoms with Crippen LogP contribution in [0.3, 0.4) is 0 Å². The Morgan fingerprint density at radius 2 is 1.74 bits per heavy atom. The lowest BCUT2D eigenvalue weighted by atomic mass is 10.2. The summed E-state index contributed by atoms with van der Waals surface area (Å²) in [5.41, 5.74) is 3.17. The van der Waals surface area contributed by atoms with Gasteiger partial charge in [0.1, 0.15) is 6.73 Å². The van der Waals surface area contributed by atoms with Gasteiger partial charge >= 0.3 is 0 Å². The lowest BCUT2D eigenvalue weighted by Crippen LogP contribution is -2.29. The molecule has 2 aromatic rings. The lowest BCUT2D eigenvalue weighted by Gasteiger charge is -2.17. The van der Waals surface area contributed by atoms with Gasteiger partial charge in [-0.1, -0.05) is 48.5 Å². The van der Waals surface area contributed by atoms with Gasteiger partial charge in [0, 0.05) is 5.69 Å². The van der Waals surface area contributed by atoms with Gasteiger partial charge < -0.3 is 4.74 Å². The lowest BCUT2D eigenvalue weighted by molar-refractivity contribution is -0.118. The highest BCUT2D eigenvalue weighted by molar-refractivity contribution is 6.01. The highest BCUT2D eigenvalue weighted by Gasteiger charge is 2.26. The van der Waals surface area contributed by atoms with Crippen molar-refractivity contribution in [3.05, 3.63) is 65.7 Å². The maximum atomic E-state index is 11.9. The number of hydrogen-bond acceptors (Lipinski definition) is 2. The molecule has 0 saturated carbocycles. The van der Waals surface area contributed by atoms with Crippen molar-refractivity contribution in [3.8, 4) is 0 Å². The zero-order valence-corrected chi connectivity index (χ0v) is 10.6. The summed E-state index contributed by atoms with van der Waals surface area (Å²) in [6.07, 6.45) is 0.477. The Morgan fingerprint density at radius 1 is 1.00 bits per heavy atom. The number of fused-ring (bicyclic) bond motifs is 1. The first-order chi connectivity index (χ1) is 9.34. The van der Waals surface area contributed by atoms with Crippen molar-refractivity contribution in [1.82, 2.24) is 0 Å². The van der Waals surface area contributed by atoms with E-state index in [1.54, 1.807) is 4.90 Å². The van der Waals surface area contributed by atoms with Gasteiger partial charge in [0.05, 0.1) is 13.0 Å². The van der Waals surface area contributed by atoms with Gasteiger partial charge in [0.25, 0.3) is 0 Å². The molecule has 0 aliphatic carbocycles. The molecule has 0 N–H and O–H groups in total. The Labute approximate surface area is 112 Å². The number of rotatable bonds is 4. The molecule has 96 valence electrons. The summed E-state index contributed by atoms with van der Waals surface area (Å²) >= 11 is 0. The van der Waals surface area contributed by atoms with Crippen molar-refractivity contribution in [2.45, 2.75) is 13.0 Å². The van der Waals surface area contributed by atoms with Gasteiger partial charge in [-0.2, -0.15) is 0 Å². The van der Waals surface area contributed by atoms with Crippen molar-refractivity contribution in [2.75, 3.05) is 11.6 Å². The predicted octanol–water partition coefficient (Wildman–Crippen LogP) is 2.75. The van der Waals surface area contributed by atoms with Crippen LogP contribution in [0, 0.1) is 0 Å². The Bertz CT molecular complexity index is 580. The molecule has 19 heavy (non-hydrogen) atoms. The number of nitrogens with zero attached hydrogens (tertiary/aromatic N) is 1. The fourth-order valence-corrected chi connectivity index (χ4v) is 2.29. The largest absolute Gasteiger partial charge is 0.356 e. The summed E-state index contributed by atoms with van der Waals surface area (Å²) < 4.78 is 5.64. The molecule has 1 amide bonds. The smallest absolute Gasteiger partial charge is 0.233 e. The number of anilines is 1. The van der Waals surface area contributed by atoms with Crippen molar-refractivity contribution >= 4 is 11.6 Å². The van der Waals surface area contributed by atoms with E-state index < -0.39 is 0 Å². The zero-order valence-electron chi connectivity index (χ0n) is 10.6. The first kappa shape index (κ1) is 11.9. The second kappa shape index (κ2) is 5.24. The van der Waals surface area contributed by atoms with E-state index in [0.29, 0.717) is 19.8 Å². The summed E-state index contributed by atoms with van der Waals surface area (Å²) in [6, 6.07) is 17.8. The number of carbonyl (C=O) groups excluding carboxylic acids is 1. The molecule has 0 atom stereocenters. The molecule has 3 heteroatoms. The number of hydrogen-bond donors (Lipinski definition) is 0. The van der Waals surface area contributed by atoms with E-state index in [-0.39, 0.29) is 5.91 Å². The molecule has 0 bridgehead atoms. The zero-order chi connectivity index (χ0) is 13.1. The SMILES string of the molecule is O=C1Cc2ccccc2N1COCc1ccccc1. The summed E-state index contributed by atoms with van der Waals surface area (Å²) in [5, 5.41) is 0. The molecule has 1 aliphatic heterocycles. The second-order valence-corrected chi connectivity index (χ2v) is 4.59. The normalized spacial score (nSPS) is 13.7. The molecular formula is C16H15NO2. The number of carbonyl (C=O) groups is 1. The molecule has 3 nitrogen and oxygen atoms in total. The van der Waals surface area contributed by atoms with Crippen LogP contribution in [0.4, 0.5) is 5.69 Å². The van der Waals surface area contributed by atoms with E-state index in [9.17, 15) is 4.79 Å². The van der Waals surface area contributed by atoms with E-state index >= 15 is 0 Å². The number of benzene rings is 2. The fourth-order valence-electron chi connectivity index (χ4n) is 2.29. The Balaban J connectivity index is 1.63. The summed E-state index contributed by atoms with van der Waals surface area (Å²) in [4.78, 5) is 13.6. The average molecular weight is 253 g/mol. The summed E-state index contributed by atoms with van der Waals surface area (Å²) in [5.74, 6) is 0.106. The Hall–Kier alpha value is -2.13. The highest BCUT2D eigenvalue weighted by Crippen LogP contribution is 2.28. The number of ether oxygens (including phenoxy) is 1. The van der Waals surface area contributed by atoms with Crippen LogP contribution in [0.15, 0.2) is 54.6 Å². The molecule has 1 heterocycles. The van der Waals surface area contributed by atoms with Crippen LogP contribution < -0.4 is 4.90 Å². The Morgan fingerprint density at radius 3 is 2.58 bits per heavy atom. The van der Waals surface area contributed by atoms with Gasteiger partial charge in [-0.05, 0) is 17.2 Å². The first-order valence-electron chi connectivity index (χ1n) is 6.34. The summed E-state index contributed by atoms with van der Waals surface area (Å²) in [6.45, 7) is 0.831. The van der Waals surface area contributed by atoms with Crippen LogP contribution in [0.1, 0.15) is 11.1 Å². The van der Waals surface area contributed by atoms with Gasteiger partial charge in [-0.25, -0.2) is 0 Å². The highest BCUT2D eigenvalue weighted by atomic mass is 16.5. The van der Waals surface area contributed by atoms with Crippen molar-refractivity contribution in [2.24, 2.45) is 0 Å². The minimum Gasteiger partial charge on any atom is -0.356 e. The minimum absolute atomic E-state index is 0.106. The third kappa shape index (κ3) is 2.51. The predicted molar refractivity (Wildman–Crippen MR) is 73.7 cm³/mol. The fraction of sp³-hybridized carbons (Fsp3) is 0.188. The molecule has 2 aromatic carbocycles. The van der Waals surface area contributed by atoms with Gasteiger partial charge in [-0.15, -0.1) is 0 Å². The van der Waals surface area contributed by atoms with E-state index in [0.717, 1.165) is 16.8 Å². The van der Waals surface area contributed by atoms with Gasteiger partial charge in [0.2, 0.25) is 5.91 Å². The van der Waals surface area contributed by atoms with Crippen LogP contribution >= 0.6 is 0 Å².